The van der Waals surface area contributed by atoms with E-state index in [1.165, 1.54) is 24.3 Å². The molecule has 0 aliphatic carbocycles. The Morgan fingerprint density at radius 2 is 1.86 bits per heavy atom. The van der Waals surface area contributed by atoms with Crippen LogP contribution < -0.4 is 16.2 Å². The van der Waals surface area contributed by atoms with Crippen LogP contribution in [0.1, 0.15) is 5.56 Å². The largest absolute Gasteiger partial charge is 0.417 e. The molecule has 0 radical (unpaired) electrons. The van der Waals surface area contributed by atoms with Crippen LogP contribution in [-0.2, 0) is 17.5 Å². The molecule has 1 aromatic carbocycles. The van der Waals surface area contributed by atoms with Gasteiger partial charge >= 0.3 is 6.18 Å². The van der Waals surface area contributed by atoms with Gasteiger partial charge in [0.2, 0.25) is 5.91 Å². The van der Waals surface area contributed by atoms with Crippen molar-refractivity contribution in [3.8, 4) is 0 Å². The highest BCUT2D eigenvalue weighted by Crippen LogP contribution is 2.29. The van der Waals surface area contributed by atoms with E-state index in [4.69, 9.17) is 11.6 Å². The van der Waals surface area contributed by atoms with Crippen molar-refractivity contribution in [2.75, 3.05) is 18.4 Å². The SMILES string of the molecule is O=C(Cn1cc(C(F)(F)F)cc(Cl)c1=O)NCCNc1ccc([N+](=O)[O-])cc1. The minimum atomic E-state index is -4.70. The summed E-state index contributed by atoms with van der Waals surface area (Å²) in [4.78, 5) is 33.7. The van der Waals surface area contributed by atoms with E-state index in [-0.39, 0.29) is 18.8 Å². The number of nitro groups is 1. The van der Waals surface area contributed by atoms with E-state index in [2.05, 4.69) is 10.6 Å². The number of nitrogens with one attached hydrogen (secondary N) is 2. The molecule has 150 valence electrons. The van der Waals surface area contributed by atoms with E-state index >= 15 is 0 Å². The fraction of sp³-hybridized carbons (Fsp3) is 0.250. The third-order valence-electron chi connectivity index (χ3n) is 3.54. The van der Waals surface area contributed by atoms with E-state index in [9.17, 15) is 32.9 Å². The summed E-state index contributed by atoms with van der Waals surface area (Å²) < 4.78 is 38.9. The summed E-state index contributed by atoms with van der Waals surface area (Å²) in [6.45, 7) is -0.265. The maximum atomic E-state index is 12.8. The van der Waals surface area contributed by atoms with Gasteiger partial charge in [0.15, 0.2) is 0 Å². The number of aromatic nitrogens is 1. The molecule has 0 unspecified atom stereocenters. The van der Waals surface area contributed by atoms with Crippen molar-refractivity contribution in [1.29, 1.82) is 0 Å². The number of benzene rings is 1. The molecule has 2 aromatic rings. The van der Waals surface area contributed by atoms with Gasteiger partial charge in [-0.05, 0) is 18.2 Å². The molecule has 0 saturated carbocycles. The number of halogens is 4. The summed E-state index contributed by atoms with van der Waals surface area (Å²) in [5, 5.41) is 15.3. The van der Waals surface area contributed by atoms with Gasteiger partial charge in [-0.2, -0.15) is 13.2 Å². The molecular formula is C16H14ClF3N4O4. The van der Waals surface area contributed by atoms with Crippen molar-refractivity contribution in [3.63, 3.8) is 0 Å². The summed E-state index contributed by atoms with van der Waals surface area (Å²) >= 11 is 5.52. The Morgan fingerprint density at radius 1 is 1.21 bits per heavy atom. The van der Waals surface area contributed by atoms with Gasteiger partial charge in [0.1, 0.15) is 11.6 Å². The number of hydrogen-bond acceptors (Lipinski definition) is 5. The standard InChI is InChI=1S/C16H14ClF3N4O4/c17-13-7-10(16(18,19)20)8-23(15(13)26)9-14(25)22-6-5-21-11-1-3-12(4-2-11)24(27)28/h1-4,7-8,21H,5-6,9H2,(H,22,25). The lowest BCUT2D eigenvalue weighted by Gasteiger charge is -2.12. The molecule has 0 fully saturated rings. The molecule has 1 aromatic heterocycles. The van der Waals surface area contributed by atoms with Crippen molar-refractivity contribution in [2.24, 2.45) is 0 Å². The van der Waals surface area contributed by atoms with Gasteiger partial charge in [0, 0.05) is 37.1 Å². The fourth-order valence-corrected chi connectivity index (χ4v) is 2.42. The number of alkyl halides is 3. The first-order chi connectivity index (χ1) is 13.1. The van der Waals surface area contributed by atoms with Crippen LogP contribution in [0.2, 0.25) is 5.02 Å². The lowest BCUT2D eigenvalue weighted by molar-refractivity contribution is -0.384. The van der Waals surface area contributed by atoms with Gasteiger partial charge in [-0.3, -0.25) is 19.7 Å². The lowest BCUT2D eigenvalue weighted by atomic mass is 10.2. The second kappa shape index (κ2) is 8.74. The van der Waals surface area contributed by atoms with Crippen LogP contribution in [0.3, 0.4) is 0 Å². The summed E-state index contributed by atoms with van der Waals surface area (Å²) in [7, 11) is 0. The average Bonchev–Trinajstić information content (AvgIpc) is 2.62. The molecule has 0 saturated heterocycles. The highest BCUT2D eigenvalue weighted by Gasteiger charge is 2.32. The first kappa shape index (κ1) is 21.2. The van der Waals surface area contributed by atoms with Crippen molar-refractivity contribution in [3.05, 3.63) is 67.6 Å². The Labute approximate surface area is 161 Å². The predicted octanol–water partition coefficient (Wildman–Crippen LogP) is 2.66. The zero-order valence-corrected chi connectivity index (χ0v) is 14.9. The number of nitrogens with zero attached hydrogens (tertiary/aromatic N) is 2. The third kappa shape index (κ3) is 5.71. The van der Waals surface area contributed by atoms with Crippen LogP contribution in [0.15, 0.2) is 41.3 Å². The molecular weight excluding hydrogens is 405 g/mol. The number of carbonyl (C=O) groups excluding carboxylic acids is 1. The first-order valence-electron chi connectivity index (χ1n) is 7.80. The fourth-order valence-electron chi connectivity index (χ4n) is 2.19. The molecule has 0 atom stereocenters. The predicted molar refractivity (Wildman–Crippen MR) is 95.3 cm³/mol. The number of carbonyl (C=O) groups is 1. The molecule has 28 heavy (non-hydrogen) atoms. The maximum absolute atomic E-state index is 12.8. The Bertz CT molecular complexity index is 929. The number of hydrogen-bond donors (Lipinski definition) is 2. The summed E-state index contributed by atoms with van der Waals surface area (Å²) in [5.41, 5.74) is -1.52. The quantitative estimate of drug-likeness (QED) is 0.408. The van der Waals surface area contributed by atoms with Crippen LogP contribution >= 0.6 is 11.6 Å². The van der Waals surface area contributed by atoms with Crippen molar-refractivity contribution in [2.45, 2.75) is 12.7 Å². The van der Waals surface area contributed by atoms with Crippen LogP contribution in [0, 0.1) is 10.1 Å². The molecule has 0 spiro atoms. The Balaban J connectivity index is 1.88. The van der Waals surface area contributed by atoms with E-state index in [0.717, 1.165) is 0 Å². The Hall–Kier alpha value is -3.08. The lowest BCUT2D eigenvalue weighted by Crippen LogP contribution is -2.35. The summed E-state index contributed by atoms with van der Waals surface area (Å²) in [6, 6.07) is 6.11. The minimum Gasteiger partial charge on any atom is -0.383 e. The van der Waals surface area contributed by atoms with Gasteiger partial charge in [-0.15, -0.1) is 0 Å². The van der Waals surface area contributed by atoms with Crippen LogP contribution in [0.25, 0.3) is 0 Å². The zero-order chi connectivity index (χ0) is 20.9. The van der Waals surface area contributed by atoms with Gasteiger partial charge in [0.25, 0.3) is 11.2 Å². The number of amides is 1. The third-order valence-corrected chi connectivity index (χ3v) is 3.81. The Morgan fingerprint density at radius 3 is 2.43 bits per heavy atom. The molecule has 1 heterocycles. The monoisotopic (exact) mass is 418 g/mol. The smallest absolute Gasteiger partial charge is 0.383 e. The molecule has 1 amide bonds. The molecule has 8 nitrogen and oxygen atoms in total. The summed E-state index contributed by atoms with van der Waals surface area (Å²) in [6.07, 6.45) is -4.17. The molecule has 12 heteroatoms. The molecule has 0 aliphatic rings. The van der Waals surface area contributed by atoms with Gasteiger partial charge in [-0.25, -0.2) is 0 Å². The topological polar surface area (TPSA) is 106 Å². The van der Waals surface area contributed by atoms with Crippen LogP contribution in [-0.4, -0.2) is 28.5 Å². The summed E-state index contributed by atoms with van der Waals surface area (Å²) in [5.74, 6) is -0.678. The molecule has 0 aliphatic heterocycles. The number of rotatable bonds is 7. The van der Waals surface area contributed by atoms with Crippen molar-refractivity contribution in [1.82, 2.24) is 9.88 Å². The van der Waals surface area contributed by atoms with Crippen LogP contribution in [0.5, 0.6) is 0 Å². The number of non-ortho nitro benzene ring substituents is 1. The Kier molecular flexibility index (Phi) is 6.62. The van der Waals surface area contributed by atoms with Gasteiger partial charge < -0.3 is 15.2 Å². The number of anilines is 1. The first-order valence-corrected chi connectivity index (χ1v) is 8.18. The maximum Gasteiger partial charge on any atom is 0.417 e. The molecule has 2 N–H and O–H groups in total. The normalized spacial score (nSPS) is 11.1. The molecule has 0 bridgehead atoms. The van der Waals surface area contributed by atoms with Gasteiger partial charge in [0.05, 0.1) is 10.5 Å². The number of nitro benzene ring substituents is 1. The van der Waals surface area contributed by atoms with Crippen molar-refractivity contribution < 1.29 is 22.9 Å². The van der Waals surface area contributed by atoms with E-state index < -0.39 is 39.7 Å². The van der Waals surface area contributed by atoms with Crippen LogP contribution in [0.4, 0.5) is 24.5 Å². The second-order valence-corrected chi connectivity index (χ2v) is 6.00. The highest BCUT2D eigenvalue weighted by molar-refractivity contribution is 6.30. The highest BCUT2D eigenvalue weighted by atomic mass is 35.5. The van der Waals surface area contributed by atoms with E-state index in [0.29, 0.717) is 22.5 Å². The van der Waals surface area contributed by atoms with Crippen molar-refractivity contribution >= 4 is 28.9 Å². The molecule has 2 rings (SSSR count). The number of pyridine rings is 1. The van der Waals surface area contributed by atoms with Gasteiger partial charge in [-0.1, -0.05) is 11.6 Å². The van der Waals surface area contributed by atoms with E-state index in [1.54, 1.807) is 0 Å². The van der Waals surface area contributed by atoms with E-state index in [1.807, 2.05) is 0 Å². The minimum absolute atomic E-state index is 0.0657. The average molecular weight is 419 g/mol. The second-order valence-electron chi connectivity index (χ2n) is 5.59. The zero-order valence-electron chi connectivity index (χ0n) is 14.1.